The number of cyclic esters (lactones) is 1. The average molecular weight is 411 g/mol. The van der Waals surface area contributed by atoms with Crippen LogP contribution in [0.5, 0.6) is 5.75 Å². The van der Waals surface area contributed by atoms with E-state index in [9.17, 15) is 9.59 Å². The minimum Gasteiger partial charge on any atom is -0.483 e. The lowest BCUT2D eigenvalue weighted by Crippen LogP contribution is -2.50. The van der Waals surface area contributed by atoms with Crippen molar-refractivity contribution in [3.63, 3.8) is 0 Å². The van der Waals surface area contributed by atoms with Gasteiger partial charge in [0.2, 0.25) is 0 Å². The first-order chi connectivity index (χ1) is 14.5. The Labute approximate surface area is 177 Å². The van der Waals surface area contributed by atoms with Gasteiger partial charge in [-0.2, -0.15) is 0 Å². The van der Waals surface area contributed by atoms with Gasteiger partial charge in [-0.15, -0.1) is 0 Å². The second kappa shape index (κ2) is 8.94. The summed E-state index contributed by atoms with van der Waals surface area (Å²) in [5, 5.41) is 2.10. The van der Waals surface area contributed by atoms with Crippen LogP contribution in [-0.2, 0) is 9.53 Å². The molecule has 0 saturated carbocycles. The molecule has 2 aromatic carbocycles. The number of ether oxygens (including phenoxy) is 2. The molecule has 1 atom stereocenters. The molecule has 2 saturated heterocycles. The molecular formula is C24H30N2O4. The zero-order valence-electron chi connectivity index (χ0n) is 17.8. The van der Waals surface area contributed by atoms with Crippen LogP contribution >= 0.6 is 0 Å². The lowest BCUT2D eigenvalue weighted by atomic mass is 9.98. The molecule has 2 aromatic rings. The maximum atomic E-state index is 12.7. The van der Waals surface area contributed by atoms with Crippen molar-refractivity contribution in [3.8, 4) is 5.75 Å². The largest absolute Gasteiger partial charge is 0.483 e. The molecule has 0 aromatic heterocycles. The summed E-state index contributed by atoms with van der Waals surface area (Å²) >= 11 is 0. The van der Waals surface area contributed by atoms with Crippen molar-refractivity contribution >= 4 is 22.8 Å². The van der Waals surface area contributed by atoms with Crippen molar-refractivity contribution in [2.24, 2.45) is 5.92 Å². The van der Waals surface area contributed by atoms with Gasteiger partial charge in [-0.05, 0) is 36.6 Å². The lowest BCUT2D eigenvalue weighted by Gasteiger charge is -2.38. The van der Waals surface area contributed by atoms with Crippen LogP contribution in [0.3, 0.4) is 0 Å². The van der Waals surface area contributed by atoms with Crippen molar-refractivity contribution in [1.82, 2.24) is 9.80 Å². The van der Waals surface area contributed by atoms with Crippen LogP contribution in [0, 0.1) is 5.92 Å². The maximum Gasteiger partial charge on any atom is 0.410 e. The lowest BCUT2D eigenvalue weighted by molar-refractivity contribution is -0.134. The quantitative estimate of drug-likeness (QED) is 0.720. The van der Waals surface area contributed by atoms with Gasteiger partial charge in [0, 0.05) is 24.5 Å². The molecule has 2 aliphatic heterocycles. The monoisotopic (exact) mass is 410 g/mol. The fraction of sp³-hybridized carbons (Fsp3) is 0.500. The van der Waals surface area contributed by atoms with E-state index in [0.717, 1.165) is 35.8 Å². The number of hydrogen-bond donors (Lipinski definition) is 0. The molecule has 30 heavy (non-hydrogen) atoms. The first-order valence-electron chi connectivity index (χ1n) is 10.9. The van der Waals surface area contributed by atoms with E-state index in [0.29, 0.717) is 25.6 Å². The van der Waals surface area contributed by atoms with Crippen molar-refractivity contribution in [1.29, 1.82) is 0 Å². The van der Waals surface area contributed by atoms with Crippen LogP contribution in [0.1, 0.15) is 33.1 Å². The van der Waals surface area contributed by atoms with Crippen molar-refractivity contribution in [3.05, 3.63) is 42.5 Å². The van der Waals surface area contributed by atoms with Gasteiger partial charge in [-0.3, -0.25) is 9.69 Å². The van der Waals surface area contributed by atoms with E-state index in [2.05, 4.69) is 13.8 Å². The highest BCUT2D eigenvalue weighted by Crippen LogP contribution is 2.28. The molecule has 4 rings (SSSR count). The molecule has 2 aliphatic rings. The van der Waals surface area contributed by atoms with Gasteiger partial charge < -0.3 is 14.4 Å². The summed E-state index contributed by atoms with van der Waals surface area (Å²) in [4.78, 5) is 28.7. The Morgan fingerprint density at radius 1 is 1.13 bits per heavy atom. The van der Waals surface area contributed by atoms with Crippen LogP contribution in [0.4, 0.5) is 4.79 Å². The van der Waals surface area contributed by atoms with Crippen molar-refractivity contribution < 1.29 is 19.1 Å². The number of benzene rings is 2. The Morgan fingerprint density at radius 2 is 1.87 bits per heavy atom. The summed E-state index contributed by atoms with van der Waals surface area (Å²) < 4.78 is 11.2. The second-order valence-electron chi connectivity index (χ2n) is 8.65. The van der Waals surface area contributed by atoms with Gasteiger partial charge in [-0.25, -0.2) is 4.79 Å². The predicted molar refractivity (Wildman–Crippen MR) is 115 cm³/mol. The number of fused-ring (bicyclic) bond motifs is 1. The van der Waals surface area contributed by atoms with Gasteiger partial charge >= 0.3 is 6.09 Å². The van der Waals surface area contributed by atoms with E-state index < -0.39 is 0 Å². The SMILES string of the molecule is CC(C)C[C@@H]1COC(=O)N1C1CCN(C(=O)COc2cccc3ccccc23)CC1. The Hall–Kier alpha value is -2.76. The van der Waals surface area contributed by atoms with Crippen LogP contribution in [0.2, 0.25) is 0 Å². The van der Waals surface area contributed by atoms with E-state index in [1.807, 2.05) is 52.3 Å². The molecule has 2 heterocycles. The van der Waals surface area contributed by atoms with E-state index in [1.54, 1.807) is 0 Å². The Kier molecular flexibility index (Phi) is 6.11. The van der Waals surface area contributed by atoms with Gasteiger partial charge in [0.05, 0.1) is 6.04 Å². The first kappa shape index (κ1) is 20.5. The van der Waals surface area contributed by atoms with E-state index >= 15 is 0 Å². The second-order valence-corrected chi connectivity index (χ2v) is 8.65. The van der Waals surface area contributed by atoms with E-state index in [-0.39, 0.29) is 30.7 Å². The smallest absolute Gasteiger partial charge is 0.410 e. The molecule has 2 amide bonds. The summed E-state index contributed by atoms with van der Waals surface area (Å²) in [6.07, 6.45) is 2.31. The highest BCUT2D eigenvalue weighted by atomic mass is 16.6. The molecule has 0 N–H and O–H groups in total. The van der Waals surface area contributed by atoms with Crippen LogP contribution in [0.25, 0.3) is 10.8 Å². The van der Waals surface area contributed by atoms with Crippen LogP contribution in [0.15, 0.2) is 42.5 Å². The number of hydrogen-bond acceptors (Lipinski definition) is 4. The zero-order chi connectivity index (χ0) is 21.1. The zero-order valence-corrected chi connectivity index (χ0v) is 17.8. The highest BCUT2D eigenvalue weighted by Gasteiger charge is 2.39. The molecule has 0 aliphatic carbocycles. The fourth-order valence-corrected chi connectivity index (χ4v) is 4.59. The molecule has 160 valence electrons. The van der Waals surface area contributed by atoms with Crippen molar-refractivity contribution in [2.75, 3.05) is 26.3 Å². The average Bonchev–Trinajstić information content (AvgIpc) is 3.11. The normalized spacial score (nSPS) is 20.1. The molecule has 6 heteroatoms. The first-order valence-corrected chi connectivity index (χ1v) is 10.9. The summed E-state index contributed by atoms with van der Waals surface area (Å²) in [7, 11) is 0. The standard InChI is InChI=1S/C24H30N2O4/c1-17(2)14-20-15-30-24(28)26(20)19-10-12-25(13-11-19)23(27)16-29-22-9-5-7-18-6-3-4-8-21(18)22/h3-9,17,19-20H,10-16H2,1-2H3/t20-/m1/s1. The van der Waals surface area contributed by atoms with Gasteiger partial charge in [0.15, 0.2) is 6.61 Å². The highest BCUT2D eigenvalue weighted by molar-refractivity contribution is 5.88. The van der Waals surface area contributed by atoms with Gasteiger partial charge in [0.25, 0.3) is 5.91 Å². The third kappa shape index (κ3) is 4.37. The van der Waals surface area contributed by atoms with Gasteiger partial charge in [-0.1, -0.05) is 50.2 Å². The van der Waals surface area contributed by atoms with Crippen LogP contribution in [-0.4, -0.2) is 60.2 Å². The summed E-state index contributed by atoms with van der Waals surface area (Å²) in [6.45, 7) is 6.12. The minimum absolute atomic E-state index is 0.0101. The molecule has 0 radical (unpaired) electrons. The Morgan fingerprint density at radius 3 is 2.63 bits per heavy atom. The van der Waals surface area contributed by atoms with E-state index in [4.69, 9.17) is 9.47 Å². The molecule has 6 nitrogen and oxygen atoms in total. The summed E-state index contributed by atoms with van der Waals surface area (Å²) in [6, 6.07) is 14.2. The minimum atomic E-state index is -0.204. The number of piperidine rings is 1. The molecule has 0 spiro atoms. The molecular weight excluding hydrogens is 380 g/mol. The summed E-state index contributed by atoms with van der Waals surface area (Å²) in [5.74, 6) is 1.23. The number of nitrogens with zero attached hydrogens (tertiary/aromatic N) is 2. The Bertz CT molecular complexity index is 900. The predicted octanol–water partition coefficient (Wildman–Crippen LogP) is 4.08. The Balaban J connectivity index is 1.31. The third-order valence-corrected chi connectivity index (χ3v) is 6.06. The van der Waals surface area contributed by atoms with Crippen LogP contribution < -0.4 is 4.74 Å². The number of likely N-dealkylation sites (tertiary alicyclic amines) is 1. The number of amides is 2. The number of carbonyl (C=O) groups is 2. The molecule has 0 bridgehead atoms. The van der Waals surface area contributed by atoms with Crippen molar-refractivity contribution in [2.45, 2.75) is 45.2 Å². The summed E-state index contributed by atoms with van der Waals surface area (Å²) in [5.41, 5.74) is 0. The van der Waals surface area contributed by atoms with Gasteiger partial charge in [0.1, 0.15) is 12.4 Å². The fourth-order valence-electron chi connectivity index (χ4n) is 4.59. The number of carbonyl (C=O) groups excluding carboxylic acids is 2. The number of rotatable bonds is 6. The molecule has 2 fully saturated rings. The maximum absolute atomic E-state index is 12.7. The third-order valence-electron chi connectivity index (χ3n) is 6.06. The van der Waals surface area contributed by atoms with E-state index in [1.165, 1.54) is 0 Å². The molecule has 0 unspecified atom stereocenters. The topological polar surface area (TPSA) is 59.1 Å².